The Labute approximate surface area is 95.3 Å². The molecule has 0 radical (unpaired) electrons. The second-order valence-corrected chi connectivity index (χ2v) is 4.96. The molecule has 0 heterocycles. The van der Waals surface area contributed by atoms with E-state index in [1.807, 2.05) is 0 Å². The number of nitrogens with zero attached hydrogens (tertiary/aromatic N) is 1. The molecule has 0 aliphatic carbocycles. The van der Waals surface area contributed by atoms with Gasteiger partial charge in [0, 0.05) is 13.1 Å². The van der Waals surface area contributed by atoms with Crippen molar-refractivity contribution in [3.63, 3.8) is 0 Å². The van der Waals surface area contributed by atoms with E-state index >= 15 is 0 Å². The monoisotopic (exact) mass is 213 g/mol. The zero-order valence-electron chi connectivity index (χ0n) is 11.2. The normalized spacial score (nSPS) is 14.5. The lowest BCUT2D eigenvalue weighted by Gasteiger charge is -2.22. The largest absolute Gasteiger partial charge is 0.378 e. The van der Waals surface area contributed by atoms with Gasteiger partial charge in [0.25, 0.3) is 0 Å². The summed E-state index contributed by atoms with van der Waals surface area (Å²) in [6.45, 7) is 15.7. The van der Waals surface area contributed by atoms with Crippen LogP contribution < -0.4 is 0 Å². The molecule has 0 amide bonds. The first-order chi connectivity index (χ1) is 6.89. The molecule has 0 rings (SSSR count). The molecular weight excluding hydrogens is 186 g/mol. The maximum atomic E-state index is 5.72. The first-order valence-electron chi connectivity index (χ1n) is 5.95. The topological polar surface area (TPSA) is 12.5 Å². The smallest absolute Gasteiger partial charge is 0.0598 e. The Morgan fingerprint density at radius 2 is 1.73 bits per heavy atom. The maximum absolute atomic E-state index is 5.72. The van der Waals surface area contributed by atoms with Gasteiger partial charge in [-0.1, -0.05) is 13.0 Å². The van der Waals surface area contributed by atoms with Crippen LogP contribution >= 0.6 is 0 Å². The third-order valence-corrected chi connectivity index (χ3v) is 2.22. The Morgan fingerprint density at radius 1 is 1.20 bits per heavy atom. The molecule has 0 fully saturated rings. The molecule has 2 heteroatoms. The van der Waals surface area contributed by atoms with Crippen molar-refractivity contribution in [2.45, 2.75) is 47.1 Å². The highest BCUT2D eigenvalue weighted by Crippen LogP contribution is 2.10. The van der Waals surface area contributed by atoms with Gasteiger partial charge in [-0.3, -0.25) is 0 Å². The van der Waals surface area contributed by atoms with E-state index in [0.717, 1.165) is 19.7 Å². The SMILES string of the molecule is CCN(/C=C/[C@H](C)COC(C)(C)C)CC. The molecule has 0 aliphatic heterocycles. The van der Waals surface area contributed by atoms with Crippen LogP contribution in [0.2, 0.25) is 0 Å². The molecule has 2 nitrogen and oxygen atoms in total. The van der Waals surface area contributed by atoms with Gasteiger partial charge in [-0.25, -0.2) is 0 Å². The van der Waals surface area contributed by atoms with Crippen molar-refractivity contribution >= 4 is 0 Å². The summed E-state index contributed by atoms with van der Waals surface area (Å²) in [5.41, 5.74) is -0.0305. The summed E-state index contributed by atoms with van der Waals surface area (Å²) in [7, 11) is 0. The highest BCUT2D eigenvalue weighted by Gasteiger charge is 2.11. The molecule has 0 aromatic carbocycles. The fourth-order valence-corrected chi connectivity index (χ4v) is 1.14. The molecule has 0 saturated heterocycles. The van der Waals surface area contributed by atoms with E-state index in [9.17, 15) is 0 Å². The van der Waals surface area contributed by atoms with Gasteiger partial charge in [0.15, 0.2) is 0 Å². The second-order valence-electron chi connectivity index (χ2n) is 4.96. The Balaban J connectivity index is 3.87. The zero-order chi connectivity index (χ0) is 11.9. The Hall–Kier alpha value is -0.500. The highest BCUT2D eigenvalue weighted by atomic mass is 16.5. The predicted molar refractivity (Wildman–Crippen MR) is 66.9 cm³/mol. The molecule has 0 N–H and O–H groups in total. The average molecular weight is 213 g/mol. The Morgan fingerprint density at radius 3 is 2.13 bits per heavy atom. The first kappa shape index (κ1) is 14.5. The van der Waals surface area contributed by atoms with E-state index in [1.54, 1.807) is 0 Å². The van der Waals surface area contributed by atoms with Crippen LogP contribution in [0.25, 0.3) is 0 Å². The first-order valence-corrected chi connectivity index (χ1v) is 5.95. The molecule has 0 aromatic rings. The summed E-state index contributed by atoms with van der Waals surface area (Å²) < 4.78 is 5.72. The molecule has 90 valence electrons. The Kier molecular flexibility index (Phi) is 6.66. The zero-order valence-corrected chi connectivity index (χ0v) is 11.2. The predicted octanol–water partition coefficient (Wildman–Crippen LogP) is 3.29. The van der Waals surface area contributed by atoms with Crippen molar-refractivity contribution < 1.29 is 4.74 Å². The third-order valence-electron chi connectivity index (χ3n) is 2.22. The van der Waals surface area contributed by atoms with E-state index in [-0.39, 0.29) is 5.60 Å². The quantitative estimate of drug-likeness (QED) is 0.671. The lowest BCUT2D eigenvalue weighted by Crippen LogP contribution is -2.22. The molecule has 0 bridgehead atoms. The molecule has 0 aliphatic rings. The minimum Gasteiger partial charge on any atom is -0.378 e. The molecule has 0 unspecified atom stereocenters. The van der Waals surface area contributed by atoms with Crippen LogP contribution in [-0.2, 0) is 4.74 Å². The average Bonchev–Trinajstić information content (AvgIpc) is 2.15. The van der Waals surface area contributed by atoms with Crippen LogP contribution in [0.5, 0.6) is 0 Å². The van der Waals surface area contributed by atoms with Crippen molar-refractivity contribution in [2.24, 2.45) is 5.92 Å². The number of ether oxygens (including phenoxy) is 1. The van der Waals surface area contributed by atoms with Crippen molar-refractivity contribution in [3.05, 3.63) is 12.3 Å². The minimum absolute atomic E-state index is 0.0305. The van der Waals surface area contributed by atoms with E-state index in [2.05, 4.69) is 58.7 Å². The fourth-order valence-electron chi connectivity index (χ4n) is 1.14. The van der Waals surface area contributed by atoms with Gasteiger partial charge in [0.2, 0.25) is 0 Å². The highest BCUT2D eigenvalue weighted by molar-refractivity contribution is 4.86. The molecular formula is C13H27NO. The molecule has 0 spiro atoms. The summed E-state index contributed by atoms with van der Waals surface area (Å²) in [5.74, 6) is 0.477. The standard InChI is InChI=1S/C13H27NO/c1-7-14(8-2)10-9-12(3)11-15-13(4,5)6/h9-10,12H,7-8,11H2,1-6H3/b10-9+/t12-/m0/s1. The minimum atomic E-state index is -0.0305. The maximum Gasteiger partial charge on any atom is 0.0598 e. The number of rotatable bonds is 6. The van der Waals surface area contributed by atoms with E-state index in [0.29, 0.717) is 5.92 Å². The summed E-state index contributed by atoms with van der Waals surface area (Å²) in [6, 6.07) is 0. The van der Waals surface area contributed by atoms with Crippen LogP contribution in [-0.4, -0.2) is 30.2 Å². The van der Waals surface area contributed by atoms with Crippen LogP contribution in [0.1, 0.15) is 41.5 Å². The second kappa shape index (κ2) is 6.89. The van der Waals surface area contributed by atoms with Crippen LogP contribution in [0, 0.1) is 5.92 Å². The van der Waals surface area contributed by atoms with Gasteiger partial charge in [-0.05, 0) is 46.7 Å². The van der Waals surface area contributed by atoms with Crippen molar-refractivity contribution in [1.82, 2.24) is 4.90 Å². The van der Waals surface area contributed by atoms with E-state index in [4.69, 9.17) is 4.74 Å². The summed E-state index contributed by atoms with van der Waals surface area (Å²) in [5, 5.41) is 0. The number of hydrogen-bond donors (Lipinski definition) is 0. The summed E-state index contributed by atoms with van der Waals surface area (Å²) in [4.78, 5) is 2.29. The van der Waals surface area contributed by atoms with Crippen molar-refractivity contribution in [2.75, 3.05) is 19.7 Å². The van der Waals surface area contributed by atoms with Gasteiger partial charge in [-0.2, -0.15) is 0 Å². The number of hydrogen-bond acceptors (Lipinski definition) is 2. The van der Waals surface area contributed by atoms with E-state index < -0.39 is 0 Å². The van der Waals surface area contributed by atoms with Crippen molar-refractivity contribution in [3.8, 4) is 0 Å². The van der Waals surface area contributed by atoms with Crippen molar-refractivity contribution in [1.29, 1.82) is 0 Å². The van der Waals surface area contributed by atoms with Gasteiger partial charge in [0.05, 0.1) is 12.2 Å². The molecule has 0 saturated carbocycles. The molecule has 1 atom stereocenters. The van der Waals surface area contributed by atoms with Crippen LogP contribution in [0.4, 0.5) is 0 Å². The lowest BCUT2D eigenvalue weighted by atomic mass is 10.1. The summed E-state index contributed by atoms with van der Waals surface area (Å²) >= 11 is 0. The molecule has 15 heavy (non-hydrogen) atoms. The summed E-state index contributed by atoms with van der Waals surface area (Å²) in [6.07, 6.45) is 4.40. The van der Waals surface area contributed by atoms with Crippen LogP contribution in [0.15, 0.2) is 12.3 Å². The van der Waals surface area contributed by atoms with Crippen LogP contribution in [0.3, 0.4) is 0 Å². The fraction of sp³-hybridized carbons (Fsp3) is 0.846. The molecule has 0 aromatic heterocycles. The Bertz CT molecular complexity index is 177. The lowest BCUT2D eigenvalue weighted by molar-refractivity contribution is -0.0130. The van der Waals surface area contributed by atoms with Gasteiger partial charge >= 0.3 is 0 Å². The van der Waals surface area contributed by atoms with Gasteiger partial charge in [-0.15, -0.1) is 0 Å². The van der Waals surface area contributed by atoms with Gasteiger partial charge < -0.3 is 9.64 Å². The third kappa shape index (κ3) is 8.49. The van der Waals surface area contributed by atoms with E-state index in [1.165, 1.54) is 0 Å². The van der Waals surface area contributed by atoms with Gasteiger partial charge in [0.1, 0.15) is 0 Å².